The summed E-state index contributed by atoms with van der Waals surface area (Å²) in [5.74, 6) is -0.299. The van der Waals surface area contributed by atoms with Crippen molar-refractivity contribution in [2.24, 2.45) is 0 Å². The molecule has 0 saturated carbocycles. The van der Waals surface area contributed by atoms with Crippen LogP contribution in [0.4, 0.5) is 10.8 Å². The first kappa shape index (κ1) is 19.7. The number of carbonyl (C=O) groups excluding carboxylic acids is 1. The van der Waals surface area contributed by atoms with Gasteiger partial charge in [0, 0.05) is 25.4 Å². The van der Waals surface area contributed by atoms with Crippen LogP contribution in [0.1, 0.15) is 10.5 Å². The predicted molar refractivity (Wildman–Crippen MR) is 113 cm³/mol. The minimum atomic E-state index is -0.465. The van der Waals surface area contributed by atoms with Crippen LogP contribution < -0.4 is 4.90 Å². The molecule has 0 aliphatic rings. The fourth-order valence-corrected chi connectivity index (χ4v) is 3.88. The van der Waals surface area contributed by atoms with Gasteiger partial charge in [0.1, 0.15) is 0 Å². The van der Waals surface area contributed by atoms with Crippen molar-refractivity contribution in [2.45, 2.75) is 0 Å². The highest BCUT2D eigenvalue weighted by atomic mass is 32.1. The maximum Gasteiger partial charge on any atom is 0.280 e. The molecule has 0 aliphatic heterocycles. The third-order valence-corrected chi connectivity index (χ3v) is 5.47. The zero-order valence-corrected chi connectivity index (χ0v) is 16.8. The highest BCUT2D eigenvalue weighted by Crippen LogP contribution is 2.29. The number of methoxy groups -OCH3 is 1. The molecule has 2 heterocycles. The SMILES string of the molecule is COCCN(C(=O)c1ccn(-c2ccc([N+](=O)[O-])cc2)n1)c1nc2ccccc2s1. The first-order valence-electron chi connectivity index (χ1n) is 9.03. The van der Waals surface area contributed by atoms with Crippen molar-refractivity contribution in [1.29, 1.82) is 0 Å². The Labute approximate surface area is 175 Å². The summed E-state index contributed by atoms with van der Waals surface area (Å²) in [5.41, 5.74) is 1.67. The summed E-state index contributed by atoms with van der Waals surface area (Å²) >= 11 is 1.43. The van der Waals surface area contributed by atoms with Gasteiger partial charge in [-0.3, -0.25) is 19.8 Å². The number of para-hydroxylation sites is 1. The molecule has 1 amide bonds. The van der Waals surface area contributed by atoms with Gasteiger partial charge in [-0.05, 0) is 30.3 Å². The molecule has 10 heteroatoms. The van der Waals surface area contributed by atoms with Crippen LogP contribution in [0.25, 0.3) is 15.9 Å². The topological polar surface area (TPSA) is 103 Å². The Bertz CT molecular complexity index is 1170. The Morgan fingerprint density at radius 3 is 2.67 bits per heavy atom. The van der Waals surface area contributed by atoms with E-state index in [4.69, 9.17) is 4.74 Å². The van der Waals surface area contributed by atoms with E-state index in [2.05, 4.69) is 10.1 Å². The number of thiazole rings is 1. The third-order valence-electron chi connectivity index (χ3n) is 4.41. The second kappa shape index (κ2) is 8.39. The molecule has 0 fully saturated rings. The molecule has 0 radical (unpaired) electrons. The summed E-state index contributed by atoms with van der Waals surface area (Å²) in [6.07, 6.45) is 1.64. The van der Waals surface area contributed by atoms with Gasteiger partial charge < -0.3 is 4.74 Å². The number of nitro groups is 1. The first-order chi connectivity index (χ1) is 14.6. The van der Waals surface area contributed by atoms with Crippen LogP contribution in [0.2, 0.25) is 0 Å². The number of nitrogens with zero attached hydrogens (tertiary/aromatic N) is 5. The zero-order valence-electron chi connectivity index (χ0n) is 16.0. The lowest BCUT2D eigenvalue weighted by Gasteiger charge is -2.18. The summed E-state index contributed by atoms with van der Waals surface area (Å²) < 4.78 is 7.65. The van der Waals surface area contributed by atoms with Crippen LogP contribution in [-0.2, 0) is 4.74 Å². The predicted octanol–water partition coefficient (Wildman–Crippen LogP) is 3.68. The van der Waals surface area contributed by atoms with Crippen molar-refractivity contribution in [2.75, 3.05) is 25.2 Å². The molecule has 0 N–H and O–H groups in total. The van der Waals surface area contributed by atoms with Crippen LogP contribution in [0.15, 0.2) is 60.8 Å². The minimum absolute atomic E-state index is 0.0104. The van der Waals surface area contributed by atoms with E-state index in [1.165, 1.54) is 28.2 Å². The van der Waals surface area contributed by atoms with Crippen molar-refractivity contribution in [1.82, 2.24) is 14.8 Å². The van der Waals surface area contributed by atoms with Gasteiger partial charge in [-0.2, -0.15) is 5.10 Å². The Balaban J connectivity index is 1.62. The lowest BCUT2D eigenvalue weighted by atomic mass is 10.3. The highest BCUT2D eigenvalue weighted by Gasteiger charge is 2.23. The number of ether oxygens (including phenoxy) is 1. The highest BCUT2D eigenvalue weighted by molar-refractivity contribution is 7.22. The third kappa shape index (κ3) is 3.91. The van der Waals surface area contributed by atoms with E-state index in [9.17, 15) is 14.9 Å². The fourth-order valence-electron chi connectivity index (χ4n) is 2.89. The van der Waals surface area contributed by atoms with Gasteiger partial charge in [0.25, 0.3) is 11.6 Å². The van der Waals surface area contributed by atoms with Crippen LogP contribution in [-0.4, -0.2) is 45.9 Å². The Morgan fingerprint density at radius 2 is 1.97 bits per heavy atom. The molecule has 9 nitrogen and oxygen atoms in total. The van der Waals surface area contributed by atoms with Gasteiger partial charge in [0.15, 0.2) is 10.8 Å². The summed E-state index contributed by atoms with van der Waals surface area (Å²) in [4.78, 5) is 29.7. The van der Waals surface area contributed by atoms with Gasteiger partial charge >= 0.3 is 0 Å². The maximum atomic E-state index is 13.2. The number of aromatic nitrogens is 3. The molecule has 152 valence electrons. The number of nitro benzene ring substituents is 1. The maximum absolute atomic E-state index is 13.2. The van der Waals surface area contributed by atoms with E-state index in [1.54, 1.807) is 36.4 Å². The lowest BCUT2D eigenvalue weighted by Crippen LogP contribution is -2.34. The molecular weight excluding hydrogens is 406 g/mol. The van der Waals surface area contributed by atoms with Crippen molar-refractivity contribution < 1.29 is 14.5 Å². The molecule has 2 aromatic heterocycles. The van der Waals surface area contributed by atoms with Crippen molar-refractivity contribution in [3.8, 4) is 5.69 Å². The molecule has 0 bridgehead atoms. The second-order valence-electron chi connectivity index (χ2n) is 6.33. The Kier molecular flexibility index (Phi) is 5.50. The summed E-state index contributed by atoms with van der Waals surface area (Å²) in [6.45, 7) is 0.685. The van der Waals surface area contributed by atoms with E-state index in [1.807, 2.05) is 24.3 Å². The molecule has 0 spiro atoms. The average Bonchev–Trinajstić information content (AvgIpc) is 3.41. The van der Waals surface area contributed by atoms with Crippen molar-refractivity contribution >= 4 is 38.3 Å². The van der Waals surface area contributed by atoms with Crippen molar-refractivity contribution in [3.05, 3.63) is 76.6 Å². The van der Waals surface area contributed by atoms with Crippen LogP contribution in [0.3, 0.4) is 0 Å². The molecule has 0 atom stereocenters. The van der Waals surface area contributed by atoms with Crippen LogP contribution in [0.5, 0.6) is 0 Å². The number of benzene rings is 2. The standard InChI is InChI=1S/C20H17N5O4S/c1-29-13-12-23(20-21-16-4-2-3-5-18(16)30-20)19(26)17-10-11-24(22-17)14-6-8-15(9-7-14)25(27)28/h2-11H,12-13H2,1H3. The quantitative estimate of drug-likeness (QED) is 0.332. The molecule has 30 heavy (non-hydrogen) atoms. The second-order valence-corrected chi connectivity index (χ2v) is 7.34. The van der Waals surface area contributed by atoms with E-state index < -0.39 is 4.92 Å². The minimum Gasteiger partial charge on any atom is -0.383 e. The molecule has 0 saturated heterocycles. The van der Waals surface area contributed by atoms with Crippen LogP contribution >= 0.6 is 11.3 Å². The summed E-state index contributed by atoms with van der Waals surface area (Å²) in [6, 6.07) is 15.2. The first-order valence-corrected chi connectivity index (χ1v) is 9.85. The van der Waals surface area contributed by atoms with Gasteiger partial charge in [-0.25, -0.2) is 9.67 Å². The van der Waals surface area contributed by atoms with E-state index >= 15 is 0 Å². The monoisotopic (exact) mass is 423 g/mol. The molecule has 0 unspecified atom stereocenters. The van der Waals surface area contributed by atoms with E-state index in [0.717, 1.165) is 10.2 Å². The number of rotatable bonds is 7. The molecule has 4 rings (SSSR count). The lowest BCUT2D eigenvalue weighted by molar-refractivity contribution is -0.384. The number of hydrogen-bond acceptors (Lipinski definition) is 7. The number of amides is 1. The largest absolute Gasteiger partial charge is 0.383 e. The smallest absolute Gasteiger partial charge is 0.280 e. The number of fused-ring (bicyclic) bond motifs is 1. The van der Waals surface area contributed by atoms with Gasteiger partial charge in [-0.15, -0.1) is 0 Å². The average molecular weight is 423 g/mol. The van der Waals surface area contributed by atoms with E-state index in [-0.39, 0.29) is 17.3 Å². The normalized spacial score (nSPS) is 11.0. The number of hydrogen-bond donors (Lipinski definition) is 0. The van der Waals surface area contributed by atoms with Crippen LogP contribution in [0, 0.1) is 10.1 Å². The number of non-ortho nitro benzene ring substituents is 1. The Hall–Kier alpha value is -3.63. The van der Waals surface area contributed by atoms with Gasteiger partial charge in [0.05, 0.1) is 34.0 Å². The Morgan fingerprint density at radius 1 is 1.20 bits per heavy atom. The van der Waals surface area contributed by atoms with Gasteiger partial charge in [-0.1, -0.05) is 23.5 Å². The molecule has 4 aromatic rings. The molecule has 0 aliphatic carbocycles. The summed E-state index contributed by atoms with van der Waals surface area (Å²) in [5, 5.41) is 15.7. The zero-order chi connectivity index (χ0) is 21.1. The number of carbonyl (C=O) groups is 1. The molecule has 2 aromatic carbocycles. The fraction of sp³-hybridized carbons (Fsp3) is 0.150. The van der Waals surface area contributed by atoms with E-state index in [0.29, 0.717) is 24.0 Å². The number of anilines is 1. The van der Waals surface area contributed by atoms with Gasteiger partial charge in [0.2, 0.25) is 0 Å². The van der Waals surface area contributed by atoms with Crippen molar-refractivity contribution in [3.63, 3.8) is 0 Å². The summed E-state index contributed by atoms with van der Waals surface area (Å²) in [7, 11) is 1.57. The molecular formula is C20H17N5O4S.